The molecule has 1 saturated heterocycles. The monoisotopic (exact) mass is 485 g/mol. The van der Waals surface area contributed by atoms with E-state index in [0.717, 1.165) is 41.9 Å². The maximum atomic E-state index is 13.3. The highest BCUT2D eigenvalue weighted by Crippen LogP contribution is 2.29. The zero-order valence-electron chi connectivity index (χ0n) is 21.2. The van der Waals surface area contributed by atoms with Crippen LogP contribution in [0.1, 0.15) is 54.5 Å². The summed E-state index contributed by atoms with van der Waals surface area (Å²) in [4.78, 5) is 15.7. The van der Waals surface area contributed by atoms with Gasteiger partial charge in [0.25, 0.3) is 0 Å². The molecule has 1 amide bonds. The van der Waals surface area contributed by atoms with Crippen LogP contribution in [-0.2, 0) is 27.9 Å². The van der Waals surface area contributed by atoms with Gasteiger partial charge in [-0.25, -0.2) is 8.42 Å². The van der Waals surface area contributed by atoms with E-state index in [0.29, 0.717) is 37.4 Å². The fourth-order valence-electron chi connectivity index (χ4n) is 4.96. The van der Waals surface area contributed by atoms with E-state index in [1.54, 1.807) is 4.31 Å². The predicted octanol–water partition coefficient (Wildman–Crippen LogP) is 4.17. The van der Waals surface area contributed by atoms with Crippen molar-refractivity contribution in [3.8, 4) is 0 Å². The average Bonchev–Trinajstić information content (AvgIpc) is 2.80. The summed E-state index contributed by atoms with van der Waals surface area (Å²) in [6, 6.07) is 12.1. The Bertz CT molecular complexity index is 1080. The normalized spacial score (nSPS) is 15.6. The second-order valence-corrected chi connectivity index (χ2v) is 11.2. The van der Waals surface area contributed by atoms with Gasteiger partial charge >= 0.3 is 0 Å². The molecule has 0 aliphatic carbocycles. The number of sulfonamides is 1. The molecule has 0 radical (unpaired) electrons. The Labute approximate surface area is 205 Å². The lowest BCUT2D eigenvalue weighted by molar-refractivity contribution is -0.126. The van der Waals surface area contributed by atoms with Crippen molar-refractivity contribution >= 4 is 15.9 Å². The molecule has 2 aromatic carbocycles. The van der Waals surface area contributed by atoms with Crippen LogP contribution in [0.4, 0.5) is 0 Å². The van der Waals surface area contributed by atoms with E-state index in [1.807, 2.05) is 45.0 Å². The second kappa shape index (κ2) is 11.5. The summed E-state index contributed by atoms with van der Waals surface area (Å²) in [5.41, 5.74) is 4.98. The number of nitrogens with zero attached hydrogens (tertiary/aromatic N) is 2. The van der Waals surface area contributed by atoms with Crippen LogP contribution < -0.4 is 5.32 Å². The van der Waals surface area contributed by atoms with E-state index < -0.39 is 10.0 Å². The minimum absolute atomic E-state index is 0.0115. The molecule has 1 aliphatic rings. The summed E-state index contributed by atoms with van der Waals surface area (Å²) in [5, 5.41) is 3.10. The number of carbonyl (C=O) groups excluding carboxylic acids is 1. The third-order valence-electron chi connectivity index (χ3n) is 6.89. The smallest absolute Gasteiger partial charge is 0.243 e. The van der Waals surface area contributed by atoms with Crippen molar-refractivity contribution in [1.82, 2.24) is 14.5 Å². The summed E-state index contributed by atoms with van der Waals surface area (Å²) >= 11 is 0. The Morgan fingerprint density at radius 3 is 2.12 bits per heavy atom. The van der Waals surface area contributed by atoms with Gasteiger partial charge in [-0.3, -0.25) is 9.69 Å². The molecule has 1 N–H and O–H groups in total. The van der Waals surface area contributed by atoms with Gasteiger partial charge in [0.1, 0.15) is 0 Å². The number of nitrogens with one attached hydrogen (secondary N) is 1. The summed E-state index contributed by atoms with van der Waals surface area (Å²) in [5.74, 6) is -0.154. The summed E-state index contributed by atoms with van der Waals surface area (Å²) in [6.45, 7) is 14.1. The van der Waals surface area contributed by atoms with Crippen molar-refractivity contribution in [2.24, 2.45) is 5.92 Å². The van der Waals surface area contributed by atoms with Gasteiger partial charge in [-0.2, -0.15) is 4.31 Å². The zero-order chi connectivity index (χ0) is 24.9. The summed E-state index contributed by atoms with van der Waals surface area (Å²) < 4.78 is 28.2. The van der Waals surface area contributed by atoms with Crippen LogP contribution in [0.3, 0.4) is 0 Å². The van der Waals surface area contributed by atoms with Gasteiger partial charge < -0.3 is 5.32 Å². The van der Waals surface area contributed by atoms with Crippen molar-refractivity contribution in [2.45, 2.75) is 65.4 Å². The van der Waals surface area contributed by atoms with Crippen LogP contribution >= 0.6 is 0 Å². The first-order valence-electron chi connectivity index (χ1n) is 12.3. The molecule has 0 atom stereocenters. The SMILES string of the molecule is CCN(CC)Cc1ccccc1CNC(=O)C1CCN(S(=O)(=O)c2c(C)cc(C)cc2C)CC1. The predicted molar refractivity (Wildman–Crippen MR) is 137 cm³/mol. The van der Waals surface area contributed by atoms with Gasteiger partial charge in [0.15, 0.2) is 0 Å². The van der Waals surface area contributed by atoms with Crippen LogP contribution in [-0.4, -0.2) is 49.7 Å². The van der Waals surface area contributed by atoms with E-state index in [4.69, 9.17) is 0 Å². The molecule has 6 nitrogen and oxygen atoms in total. The highest BCUT2D eigenvalue weighted by atomic mass is 32.2. The molecule has 0 bridgehead atoms. The van der Waals surface area contributed by atoms with Crippen molar-refractivity contribution in [1.29, 1.82) is 0 Å². The highest BCUT2D eigenvalue weighted by molar-refractivity contribution is 7.89. The van der Waals surface area contributed by atoms with Crippen LogP contribution in [0.2, 0.25) is 0 Å². The van der Waals surface area contributed by atoms with Gasteiger partial charge in [0, 0.05) is 32.1 Å². The largest absolute Gasteiger partial charge is 0.352 e. The minimum atomic E-state index is -3.57. The molecule has 3 rings (SSSR count). The molecular weight excluding hydrogens is 446 g/mol. The third kappa shape index (κ3) is 6.06. The van der Waals surface area contributed by atoms with Gasteiger partial charge in [-0.05, 0) is 69.0 Å². The molecular formula is C27H39N3O3S. The van der Waals surface area contributed by atoms with E-state index >= 15 is 0 Å². The zero-order valence-corrected chi connectivity index (χ0v) is 22.0. The number of rotatable bonds is 9. The van der Waals surface area contributed by atoms with Gasteiger partial charge in [-0.1, -0.05) is 55.8 Å². The van der Waals surface area contributed by atoms with Gasteiger partial charge in [0.2, 0.25) is 15.9 Å². The van der Waals surface area contributed by atoms with Crippen molar-refractivity contribution < 1.29 is 13.2 Å². The highest BCUT2D eigenvalue weighted by Gasteiger charge is 2.33. The molecule has 34 heavy (non-hydrogen) atoms. The molecule has 0 saturated carbocycles. The first-order chi connectivity index (χ1) is 16.2. The fraction of sp³-hybridized carbons (Fsp3) is 0.519. The molecule has 7 heteroatoms. The Morgan fingerprint density at radius 1 is 1.00 bits per heavy atom. The van der Waals surface area contributed by atoms with Gasteiger partial charge in [0.05, 0.1) is 4.90 Å². The lowest BCUT2D eigenvalue weighted by Gasteiger charge is -2.31. The maximum Gasteiger partial charge on any atom is 0.243 e. The summed E-state index contributed by atoms with van der Waals surface area (Å²) in [7, 11) is -3.57. The first kappa shape index (κ1) is 26.4. The van der Waals surface area contributed by atoms with Crippen molar-refractivity contribution in [3.63, 3.8) is 0 Å². The summed E-state index contributed by atoms with van der Waals surface area (Å²) in [6.07, 6.45) is 1.08. The Hall–Kier alpha value is -2.22. The molecule has 1 aliphatic heterocycles. The minimum Gasteiger partial charge on any atom is -0.352 e. The fourth-order valence-corrected chi connectivity index (χ4v) is 6.84. The van der Waals surface area contributed by atoms with Crippen molar-refractivity contribution in [2.75, 3.05) is 26.2 Å². The Morgan fingerprint density at radius 2 is 1.56 bits per heavy atom. The number of carbonyl (C=O) groups is 1. The van der Waals surface area contributed by atoms with E-state index in [-0.39, 0.29) is 11.8 Å². The van der Waals surface area contributed by atoms with Crippen LogP contribution in [0.5, 0.6) is 0 Å². The van der Waals surface area contributed by atoms with E-state index in [2.05, 4.69) is 36.2 Å². The number of piperidine rings is 1. The quantitative estimate of drug-likeness (QED) is 0.579. The number of hydrogen-bond acceptors (Lipinski definition) is 4. The molecule has 2 aromatic rings. The number of aryl methyl sites for hydroxylation is 3. The molecule has 1 heterocycles. The lowest BCUT2D eigenvalue weighted by Crippen LogP contribution is -2.43. The Balaban J connectivity index is 1.60. The van der Waals surface area contributed by atoms with Crippen LogP contribution in [0, 0.1) is 26.7 Å². The third-order valence-corrected chi connectivity index (χ3v) is 9.09. The number of hydrogen-bond donors (Lipinski definition) is 1. The average molecular weight is 486 g/mol. The van der Waals surface area contributed by atoms with Crippen LogP contribution in [0.15, 0.2) is 41.3 Å². The number of benzene rings is 2. The number of amides is 1. The molecule has 0 aromatic heterocycles. The molecule has 1 fully saturated rings. The molecule has 186 valence electrons. The van der Waals surface area contributed by atoms with E-state index in [1.165, 1.54) is 5.56 Å². The first-order valence-corrected chi connectivity index (χ1v) is 13.8. The topological polar surface area (TPSA) is 69.7 Å². The molecule has 0 spiro atoms. The van der Waals surface area contributed by atoms with E-state index in [9.17, 15) is 13.2 Å². The van der Waals surface area contributed by atoms with Crippen molar-refractivity contribution in [3.05, 3.63) is 64.2 Å². The maximum absolute atomic E-state index is 13.3. The lowest BCUT2D eigenvalue weighted by atomic mass is 9.97. The molecule has 0 unspecified atom stereocenters. The van der Waals surface area contributed by atoms with Crippen LogP contribution in [0.25, 0.3) is 0 Å². The second-order valence-electron chi connectivity index (χ2n) is 9.35. The van der Waals surface area contributed by atoms with Gasteiger partial charge in [-0.15, -0.1) is 0 Å². The Kier molecular flexibility index (Phi) is 8.90. The standard InChI is InChI=1S/C27H39N3O3S/c1-6-29(7-2)19-25-11-9-8-10-24(25)18-28-27(31)23-12-14-30(15-13-23)34(32,33)26-21(4)16-20(3)17-22(26)5/h8-11,16-17,23H,6-7,12-15,18-19H2,1-5H3,(H,28,31).